The number of esters is 2. The van der Waals surface area contributed by atoms with Crippen LogP contribution in [-0.4, -0.2) is 106 Å². The highest BCUT2D eigenvalue weighted by molar-refractivity contribution is 6.77. The van der Waals surface area contributed by atoms with Gasteiger partial charge in [0, 0.05) is 30.9 Å². The van der Waals surface area contributed by atoms with Crippen LogP contribution in [0.25, 0.3) is 0 Å². The van der Waals surface area contributed by atoms with E-state index in [9.17, 15) is 19.5 Å². The molecule has 1 saturated carbocycles. The summed E-state index contributed by atoms with van der Waals surface area (Å²) < 4.78 is 40.9. The second-order valence-electron chi connectivity index (χ2n) is 23.1. The van der Waals surface area contributed by atoms with E-state index in [1.807, 2.05) is 36.4 Å². The van der Waals surface area contributed by atoms with Crippen LogP contribution in [0.2, 0.25) is 34.8 Å². The van der Waals surface area contributed by atoms with Gasteiger partial charge >= 0.3 is 11.9 Å². The first-order valence-electron chi connectivity index (χ1n) is 27.1. The highest BCUT2D eigenvalue weighted by atomic mass is 28.4. The second kappa shape index (κ2) is 22.3. The average Bonchev–Trinajstić information content (AvgIpc) is 3.56. The number of carbonyl (C=O) groups excluding carboxylic acids is 5. The molecule has 408 valence electrons. The van der Waals surface area contributed by atoms with Crippen molar-refractivity contribution < 1.29 is 56.9 Å². The molecule has 1 aliphatic carbocycles. The van der Waals surface area contributed by atoms with Crippen LogP contribution < -0.4 is 10.6 Å². The summed E-state index contributed by atoms with van der Waals surface area (Å²) in [7, 11) is -5.40. The summed E-state index contributed by atoms with van der Waals surface area (Å²) in [5, 5.41) is 20.1. The fourth-order valence-electron chi connectivity index (χ4n) is 13.7. The Morgan fingerprint density at radius 2 is 1.32 bits per heavy atom. The number of benzene rings is 3. The minimum absolute atomic E-state index is 0.0765. The van der Waals surface area contributed by atoms with Crippen LogP contribution in [0.5, 0.6) is 0 Å². The maximum atomic E-state index is 16.3. The normalized spacial score (nSPS) is 28.6. The highest BCUT2D eigenvalue weighted by Gasteiger charge is 2.81. The zero-order chi connectivity index (χ0) is 55.1. The minimum atomic E-state index is -2.86. The summed E-state index contributed by atoms with van der Waals surface area (Å²) in [6, 6.07) is 27.9. The van der Waals surface area contributed by atoms with E-state index in [2.05, 4.69) is 72.9 Å². The van der Waals surface area contributed by atoms with Gasteiger partial charge < -0.3 is 43.5 Å². The van der Waals surface area contributed by atoms with Crippen LogP contribution in [0.3, 0.4) is 0 Å². The topological polar surface area (TPSA) is 185 Å². The third kappa shape index (κ3) is 10.1. The van der Waals surface area contributed by atoms with Gasteiger partial charge in [-0.25, -0.2) is 4.79 Å². The van der Waals surface area contributed by atoms with E-state index >= 15 is 9.59 Å². The van der Waals surface area contributed by atoms with E-state index in [1.165, 1.54) is 6.92 Å². The highest BCUT2D eigenvalue weighted by Crippen LogP contribution is 2.66. The van der Waals surface area contributed by atoms with E-state index < -0.39 is 105 Å². The maximum Gasteiger partial charge on any atom is 0.338 e. The van der Waals surface area contributed by atoms with Crippen LogP contribution >= 0.6 is 0 Å². The quantitative estimate of drug-likeness (QED) is 0.0554. The number of amides is 2. The number of carbonyl (C=O) groups is 5. The van der Waals surface area contributed by atoms with Gasteiger partial charge in [-0.05, 0) is 84.0 Å². The molecule has 14 nitrogen and oxygen atoms in total. The van der Waals surface area contributed by atoms with Crippen LogP contribution in [0.4, 0.5) is 0 Å². The minimum Gasteiger partial charge on any atom is -0.453 e. The van der Waals surface area contributed by atoms with Crippen molar-refractivity contribution in [2.45, 2.75) is 186 Å². The molecule has 3 saturated heterocycles. The number of hydrogen-bond acceptors (Lipinski definition) is 12. The summed E-state index contributed by atoms with van der Waals surface area (Å²) in [4.78, 5) is 73.8. The van der Waals surface area contributed by atoms with Crippen molar-refractivity contribution in [3.05, 3.63) is 119 Å². The van der Waals surface area contributed by atoms with E-state index in [1.54, 1.807) is 82.3 Å². The molecule has 4 aliphatic rings. The maximum absolute atomic E-state index is 16.3. The third-order valence-electron chi connectivity index (χ3n) is 17.9. The Bertz CT molecular complexity index is 2560. The van der Waals surface area contributed by atoms with Gasteiger partial charge in [-0.1, -0.05) is 148 Å². The Balaban J connectivity index is 1.38. The molecule has 0 radical (unpaired) electrons. The number of nitrogens with one attached hydrogen (secondary N) is 2. The van der Waals surface area contributed by atoms with Gasteiger partial charge in [0.2, 0.25) is 14.1 Å². The van der Waals surface area contributed by atoms with Gasteiger partial charge in [0.25, 0.3) is 11.8 Å². The molecular weight excluding hydrogens is 985 g/mol. The lowest BCUT2D eigenvalue weighted by molar-refractivity contribution is -0.355. The summed E-state index contributed by atoms with van der Waals surface area (Å²) in [6.45, 7) is 27.3. The zero-order valence-corrected chi connectivity index (χ0v) is 48.6. The Morgan fingerprint density at radius 1 is 0.787 bits per heavy atom. The molecule has 0 spiro atoms. The molecule has 16 heteroatoms. The number of fused-ring (bicyclic) bond motifs is 5. The van der Waals surface area contributed by atoms with Crippen LogP contribution in [0.15, 0.2) is 102 Å². The van der Waals surface area contributed by atoms with E-state index in [0.717, 1.165) is 18.1 Å². The standard InChI is InChI=1S/C59H82N2O12Si2/c1-15-74(16-2,17-3)72-44-33-45-58(35-68-45,70-40(11)62)50-52(69-55(66)43-31-25-20-26-32-43)59(67)56(12,13)46(48(71-59)51(63)57(44,50)14)39(10)34-60-54(65)49(73-75(36(4)5,37(6)7)38(8)9)47(41-27-21-18-22-28-41)61-53(64)42-29-23-19-24-30-42/h18-32,36-38,44-45,47-50,52,67H,15-17,33-35H2,1-14H3,(H,60,65)(H,61,64)/b46-39-/t44-,45+,47-,48+,49+,50?,52?,57+,58-,59+/m0/s1. The van der Waals surface area contributed by atoms with Crippen LogP contribution in [-0.2, 0) is 42.2 Å². The Morgan fingerprint density at radius 3 is 1.81 bits per heavy atom. The lowest BCUT2D eigenvalue weighted by Gasteiger charge is -2.65. The average molecular weight is 1070 g/mol. The Labute approximate surface area is 446 Å². The lowest BCUT2D eigenvalue weighted by atomic mass is 9.49. The molecule has 2 unspecified atom stereocenters. The van der Waals surface area contributed by atoms with Crippen molar-refractivity contribution in [1.29, 1.82) is 0 Å². The second-order valence-corrected chi connectivity index (χ2v) is 33.2. The third-order valence-corrected chi connectivity index (χ3v) is 28.6. The number of Topliss-reactive ketones (excluding diaryl/α,β-unsaturated/α-hetero) is 1. The monoisotopic (exact) mass is 1070 g/mol. The molecule has 4 fully saturated rings. The van der Waals surface area contributed by atoms with Crippen molar-refractivity contribution in [3.8, 4) is 0 Å². The van der Waals surface area contributed by atoms with Crippen molar-refractivity contribution in [1.82, 2.24) is 10.6 Å². The van der Waals surface area contributed by atoms with Crippen LogP contribution in [0.1, 0.15) is 136 Å². The molecule has 3 aliphatic heterocycles. The van der Waals surface area contributed by atoms with Gasteiger partial charge in [0.1, 0.15) is 18.3 Å². The van der Waals surface area contributed by atoms with E-state index in [0.29, 0.717) is 22.3 Å². The summed E-state index contributed by atoms with van der Waals surface area (Å²) in [5.41, 5.74) is -2.16. The molecule has 75 heavy (non-hydrogen) atoms. The first kappa shape index (κ1) is 57.9. The molecule has 3 heterocycles. The molecule has 3 N–H and O–H groups in total. The van der Waals surface area contributed by atoms with Crippen molar-refractivity contribution in [2.24, 2.45) is 16.7 Å². The predicted molar refractivity (Wildman–Crippen MR) is 291 cm³/mol. The Kier molecular flexibility index (Phi) is 17.2. The van der Waals surface area contributed by atoms with Gasteiger partial charge in [-0.3, -0.25) is 19.2 Å². The van der Waals surface area contributed by atoms with Crippen molar-refractivity contribution >= 4 is 46.2 Å². The van der Waals surface area contributed by atoms with Crippen molar-refractivity contribution in [2.75, 3.05) is 13.2 Å². The van der Waals surface area contributed by atoms with Crippen LogP contribution in [0, 0.1) is 16.7 Å². The molecular formula is C59H82N2O12Si2. The Hall–Kier alpha value is -4.82. The zero-order valence-electron chi connectivity index (χ0n) is 46.6. The van der Waals surface area contributed by atoms with E-state index in [4.69, 9.17) is 27.8 Å². The number of aliphatic hydroxyl groups is 1. The number of ketones is 1. The smallest absolute Gasteiger partial charge is 0.338 e. The van der Waals surface area contributed by atoms with Gasteiger partial charge in [-0.2, -0.15) is 0 Å². The molecule has 7 rings (SSSR count). The number of hydrogen-bond donors (Lipinski definition) is 3. The molecule has 2 amide bonds. The largest absolute Gasteiger partial charge is 0.453 e. The molecule has 10 atom stereocenters. The number of rotatable bonds is 20. The first-order valence-corrected chi connectivity index (χ1v) is 31.8. The molecule has 0 aromatic heterocycles. The molecule has 3 aromatic carbocycles. The lowest BCUT2D eigenvalue weighted by Crippen LogP contribution is -2.80. The van der Waals surface area contributed by atoms with E-state index in [-0.39, 0.29) is 47.7 Å². The fourth-order valence-corrected chi connectivity index (χ4v) is 22.1. The SMILES string of the molecule is CC[Si](CC)(CC)O[C@H]1C[C@H]2OC[C@@]2(OC(C)=O)C2C(OC(=O)c3ccccc3)[C@@]3(O)O[C@@H](C(=O)[C@@]21C)/C(=C(\C)CNC(=O)[C@H](O[Si](C(C)C)(C(C)C)C(C)C)[C@@H](NC(=O)c1ccccc1)c1ccccc1)C3(C)C. The van der Waals surface area contributed by atoms with Gasteiger partial charge in [-0.15, -0.1) is 0 Å². The molecule has 3 aromatic rings. The fraction of sp³-hybridized carbons (Fsp3) is 0.576. The summed E-state index contributed by atoms with van der Waals surface area (Å²) in [5.74, 6) is -6.31. The number of ether oxygens (including phenoxy) is 4. The summed E-state index contributed by atoms with van der Waals surface area (Å²) >= 11 is 0. The summed E-state index contributed by atoms with van der Waals surface area (Å²) in [6.07, 6.45) is -5.65. The first-order chi connectivity index (χ1) is 35.3. The predicted octanol–water partition coefficient (Wildman–Crippen LogP) is 10.2. The van der Waals surface area contributed by atoms with Gasteiger partial charge in [0.15, 0.2) is 25.8 Å². The molecule has 2 bridgehead atoms. The van der Waals surface area contributed by atoms with Crippen molar-refractivity contribution in [3.63, 3.8) is 0 Å². The van der Waals surface area contributed by atoms with Gasteiger partial charge in [0.05, 0.1) is 35.6 Å².